The van der Waals surface area contributed by atoms with Gasteiger partial charge in [0.1, 0.15) is 17.5 Å². The number of carbonyl (C=O) groups excluding carboxylic acids is 1. The van der Waals surface area contributed by atoms with Crippen LogP contribution in [0.2, 0.25) is 0 Å². The maximum Gasteiger partial charge on any atom is 0.323 e. The van der Waals surface area contributed by atoms with Gasteiger partial charge in [0, 0.05) is 29.1 Å². The summed E-state index contributed by atoms with van der Waals surface area (Å²) in [4.78, 5) is 15.8. The molecule has 0 radical (unpaired) electrons. The first kappa shape index (κ1) is 17.4. The number of rotatable bonds is 4. The molecule has 2 heterocycles. The number of esters is 1. The SMILES string of the molecule is COC(=O)C1Cc2c([nH]c3cc(OC)ccc23)C(c2ccc(OC)cc2)N1. The highest BCUT2D eigenvalue weighted by Crippen LogP contribution is 2.36. The maximum absolute atomic E-state index is 12.3. The molecule has 0 fully saturated rings. The van der Waals surface area contributed by atoms with Gasteiger partial charge in [-0.1, -0.05) is 12.1 Å². The normalized spacial score (nSPS) is 18.8. The Labute approximate surface area is 157 Å². The first-order chi connectivity index (χ1) is 13.1. The highest BCUT2D eigenvalue weighted by molar-refractivity contribution is 5.88. The van der Waals surface area contributed by atoms with Gasteiger partial charge in [-0.05, 0) is 35.4 Å². The standard InChI is InChI=1S/C21H22N2O4/c1-25-13-6-4-12(5-7-13)19-20-16(11-18(23-19)21(24)27-3)15-9-8-14(26-2)10-17(15)22-20/h4-10,18-19,22-23H,11H2,1-3H3. The van der Waals surface area contributed by atoms with Crippen molar-refractivity contribution in [1.82, 2.24) is 10.3 Å². The number of carbonyl (C=O) groups is 1. The Balaban J connectivity index is 1.84. The van der Waals surface area contributed by atoms with Crippen molar-refractivity contribution in [1.29, 1.82) is 0 Å². The highest BCUT2D eigenvalue weighted by Gasteiger charge is 2.34. The molecule has 2 atom stereocenters. The van der Waals surface area contributed by atoms with Crippen LogP contribution in [0, 0.1) is 0 Å². The molecule has 6 heteroatoms. The number of hydrogen-bond acceptors (Lipinski definition) is 5. The molecule has 0 bridgehead atoms. The molecule has 2 N–H and O–H groups in total. The summed E-state index contributed by atoms with van der Waals surface area (Å²) in [5, 5.41) is 4.52. The van der Waals surface area contributed by atoms with Gasteiger partial charge >= 0.3 is 5.97 Å². The number of aromatic amines is 1. The van der Waals surface area contributed by atoms with Gasteiger partial charge in [0.15, 0.2) is 0 Å². The Morgan fingerprint density at radius 1 is 1.00 bits per heavy atom. The van der Waals surface area contributed by atoms with E-state index in [1.165, 1.54) is 7.11 Å². The van der Waals surface area contributed by atoms with E-state index in [2.05, 4.69) is 10.3 Å². The molecule has 4 rings (SSSR count). The van der Waals surface area contributed by atoms with Crippen LogP contribution < -0.4 is 14.8 Å². The Morgan fingerprint density at radius 3 is 2.37 bits per heavy atom. The number of hydrogen-bond donors (Lipinski definition) is 2. The first-order valence-corrected chi connectivity index (χ1v) is 8.81. The highest BCUT2D eigenvalue weighted by atomic mass is 16.5. The van der Waals surface area contributed by atoms with E-state index in [-0.39, 0.29) is 12.0 Å². The predicted octanol–water partition coefficient (Wildman–Crippen LogP) is 2.96. The zero-order valence-electron chi connectivity index (χ0n) is 15.5. The summed E-state index contributed by atoms with van der Waals surface area (Å²) >= 11 is 0. The molecular weight excluding hydrogens is 344 g/mol. The summed E-state index contributed by atoms with van der Waals surface area (Å²) < 4.78 is 15.6. The van der Waals surface area contributed by atoms with Gasteiger partial charge in [0.25, 0.3) is 0 Å². The van der Waals surface area contributed by atoms with Crippen LogP contribution in [-0.2, 0) is 16.0 Å². The fourth-order valence-electron chi connectivity index (χ4n) is 3.75. The van der Waals surface area contributed by atoms with Crippen LogP contribution in [0.4, 0.5) is 0 Å². The number of nitrogens with one attached hydrogen (secondary N) is 2. The van der Waals surface area contributed by atoms with E-state index in [4.69, 9.17) is 14.2 Å². The van der Waals surface area contributed by atoms with E-state index < -0.39 is 6.04 Å². The molecule has 0 aliphatic carbocycles. The Kier molecular flexibility index (Phi) is 4.49. The van der Waals surface area contributed by atoms with Crippen LogP contribution in [-0.4, -0.2) is 38.3 Å². The average molecular weight is 366 g/mol. The van der Waals surface area contributed by atoms with Gasteiger partial charge in [0.2, 0.25) is 0 Å². The first-order valence-electron chi connectivity index (χ1n) is 8.81. The van der Waals surface area contributed by atoms with Gasteiger partial charge in [0.05, 0.1) is 27.4 Å². The summed E-state index contributed by atoms with van der Waals surface area (Å²) in [6.45, 7) is 0. The largest absolute Gasteiger partial charge is 0.497 e. The van der Waals surface area contributed by atoms with E-state index >= 15 is 0 Å². The van der Waals surface area contributed by atoms with Gasteiger partial charge in [-0.15, -0.1) is 0 Å². The van der Waals surface area contributed by atoms with E-state index in [1.54, 1.807) is 14.2 Å². The second-order valence-electron chi connectivity index (χ2n) is 6.58. The van der Waals surface area contributed by atoms with Crippen molar-refractivity contribution in [3.05, 3.63) is 59.3 Å². The third kappa shape index (κ3) is 3.02. The molecule has 140 valence electrons. The van der Waals surface area contributed by atoms with Crippen molar-refractivity contribution in [3.63, 3.8) is 0 Å². The maximum atomic E-state index is 12.3. The molecule has 1 aromatic heterocycles. The van der Waals surface area contributed by atoms with E-state index in [9.17, 15) is 4.79 Å². The molecular formula is C21H22N2O4. The van der Waals surface area contributed by atoms with Crippen LogP contribution in [0.1, 0.15) is 22.9 Å². The number of fused-ring (bicyclic) bond motifs is 3. The molecule has 2 unspecified atom stereocenters. The van der Waals surface area contributed by atoms with Crippen LogP contribution >= 0.6 is 0 Å². The van der Waals surface area contributed by atoms with Crippen LogP contribution in [0.25, 0.3) is 10.9 Å². The molecule has 27 heavy (non-hydrogen) atoms. The third-order valence-corrected chi connectivity index (χ3v) is 5.15. The Morgan fingerprint density at radius 2 is 1.70 bits per heavy atom. The fourth-order valence-corrected chi connectivity index (χ4v) is 3.75. The van der Waals surface area contributed by atoms with Crippen molar-refractivity contribution in [3.8, 4) is 11.5 Å². The second-order valence-corrected chi connectivity index (χ2v) is 6.58. The van der Waals surface area contributed by atoms with Gasteiger partial charge in [-0.25, -0.2) is 0 Å². The van der Waals surface area contributed by atoms with Gasteiger partial charge in [-0.3, -0.25) is 10.1 Å². The minimum absolute atomic E-state index is 0.151. The van der Waals surface area contributed by atoms with Crippen molar-refractivity contribution >= 4 is 16.9 Å². The summed E-state index contributed by atoms with van der Waals surface area (Å²) in [5.74, 6) is 1.32. The number of ether oxygens (including phenoxy) is 3. The molecule has 0 saturated carbocycles. The van der Waals surface area contributed by atoms with Crippen molar-refractivity contribution < 1.29 is 19.0 Å². The molecule has 1 aliphatic rings. The average Bonchev–Trinajstić information content (AvgIpc) is 3.10. The summed E-state index contributed by atoms with van der Waals surface area (Å²) in [5.41, 5.74) is 4.22. The fraction of sp³-hybridized carbons (Fsp3) is 0.286. The molecule has 2 aromatic carbocycles. The Hall–Kier alpha value is -2.99. The van der Waals surface area contributed by atoms with E-state index in [0.29, 0.717) is 6.42 Å². The number of H-pyrrole nitrogens is 1. The third-order valence-electron chi connectivity index (χ3n) is 5.15. The summed E-state index contributed by atoms with van der Waals surface area (Å²) in [6, 6.07) is 13.2. The molecule has 0 amide bonds. The molecule has 1 aliphatic heterocycles. The van der Waals surface area contributed by atoms with Gasteiger partial charge < -0.3 is 19.2 Å². The van der Waals surface area contributed by atoms with Crippen molar-refractivity contribution in [2.24, 2.45) is 0 Å². The Bertz CT molecular complexity index is 978. The lowest BCUT2D eigenvalue weighted by molar-refractivity contribution is -0.143. The van der Waals surface area contributed by atoms with E-state index in [1.807, 2.05) is 42.5 Å². The number of methoxy groups -OCH3 is 3. The van der Waals surface area contributed by atoms with Crippen molar-refractivity contribution in [2.45, 2.75) is 18.5 Å². The zero-order chi connectivity index (χ0) is 19.0. The quantitative estimate of drug-likeness (QED) is 0.695. The minimum atomic E-state index is -0.407. The van der Waals surface area contributed by atoms with E-state index in [0.717, 1.165) is 39.2 Å². The lowest BCUT2D eigenvalue weighted by Crippen LogP contribution is -2.45. The lowest BCUT2D eigenvalue weighted by atomic mass is 9.90. The summed E-state index contributed by atoms with van der Waals surface area (Å²) in [7, 11) is 4.71. The second kappa shape index (κ2) is 6.96. The van der Waals surface area contributed by atoms with Crippen LogP contribution in [0.5, 0.6) is 11.5 Å². The molecule has 3 aromatic rings. The minimum Gasteiger partial charge on any atom is -0.497 e. The molecule has 0 spiro atoms. The van der Waals surface area contributed by atoms with Crippen LogP contribution in [0.3, 0.4) is 0 Å². The zero-order valence-corrected chi connectivity index (χ0v) is 15.5. The number of benzene rings is 2. The van der Waals surface area contributed by atoms with Crippen LogP contribution in [0.15, 0.2) is 42.5 Å². The smallest absolute Gasteiger partial charge is 0.323 e. The molecule has 0 saturated heterocycles. The van der Waals surface area contributed by atoms with Gasteiger partial charge in [-0.2, -0.15) is 0 Å². The number of aromatic nitrogens is 1. The lowest BCUT2D eigenvalue weighted by Gasteiger charge is -2.30. The summed E-state index contributed by atoms with van der Waals surface area (Å²) in [6.07, 6.45) is 0.570. The topological polar surface area (TPSA) is 72.6 Å². The monoisotopic (exact) mass is 366 g/mol. The molecule has 6 nitrogen and oxygen atoms in total. The predicted molar refractivity (Wildman–Crippen MR) is 102 cm³/mol. The van der Waals surface area contributed by atoms with Crippen molar-refractivity contribution in [2.75, 3.05) is 21.3 Å².